The molecule has 0 radical (unpaired) electrons. The Morgan fingerprint density at radius 3 is 2.52 bits per heavy atom. The third-order valence-electron chi connectivity index (χ3n) is 7.24. The van der Waals surface area contributed by atoms with Crippen molar-refractivity contribution in [3.63, 3.8) is 0 Å². The minimum atomic E-state index is -3.14. The topological polar surface area (TPSA) is 91.5 Å². The lowest BCUT2D eigenvalue weighted by atomic mass is 9.54. The van der Waals surface area contributed by atoms with E-state index in [1.165, 1.54) is 24.5 Å². The summed E-state index contributed by atoms with van der Waals surface area (Å²) in [6, 6.07) is 4.13. The predicted octanol–water partition coefficient (Wildman–Crippen LogP) is 4.21. The summed E-state index contributed by atoms with van der Waals surface area (Å²) < 4.78 is 44.6. The van der Waals surface area contributed by atoms with Crippen LogP contribution >= 0.6 is 15.9 Å². The number of ether oxygens (including phenoxy) is 1. The lowest BCUT2D eigenvalue weighted by Gasteiger charge is -2.58. The number of rotatable bonds is 5. The molecule has 5 rings (SSSR count). The van der Waals surface area contributed by atoms with Gasteiger partial charge in [0.1, 0.15) is 11.6 Å². The summed E-state index contributed by atoms with van der Waals surface area (Å²) in [6.07, 6.45) is 7.33. The molecule has 31 heavy (non-hydrogen) atoms. The van der Waals surface area contributed by atoms with Crippen LogP contribution in [-0.2, 0) is 9.84 Å². The highest BCUT2D eigenvalue weighted by Crippen LogP contribution is 2.59. The van der Waals surface area contributed by atoms with E-state index in [-0.39, 0.29) is 23.7 Å². The molecule has 0 aliphatic heterocycles. The maximum Gasteiger partial charge on any atom is 0.182 e. The molecule has 6 nitrogen and oxygen atoms in total. The van der Waals surface area contributed by atoms with Crippen LogP contribution in [0.15, 0.2) is 27.7 Å². The third-order valence-corrected chi connectivity index (χ3v) is 9.93. The number of nitrogens with one attached hydrogen (secondary N) is 1. The molecule has 168 valence electrons. The van der Waals surface area contributed by atoms with Crippen molar-refractivity contribution in [2.75, 3.05) is 6.26 Å². The van der Waals surface area contributed by atoms with E-state index < -0.39 is 20.2 Å². The molecular weight excluding hydrogens is 485 g/mol. The van der Waals surface area contributed by atoms with Crippen LogP contribution in [-0.4, -0.2) is 36.9 Å². The molecule has 4 saturated carbocycles. The molecule has 4 aliphatic carbocycles. The Labute approximate surface area is 191 Å². The molecule has 4 fully saturated rings. The summed E-state index contributed by atoms with van der Waals surface area (Å²) in [4.78, 5) is 4.97. The Bertz CT molecular complexity index is 1050. The molecule has 0 amide bonds. The molecule has 0 saturated heterocycles. The van der Waals surface area contributed by atoms with Crippen LogP contribution in [0.4, 0.5) is 4.39 Å². The van der Waals surface area contributed by atoms with Crippen molar-refractivity contribution in [3.05, 3.63) is 28.5 Å². The van der Waals surface area contributed by atoms with Gasteiger partial charge in [-0.15, -0.1) is 0 Å². The van der Waals surface area contributed by atoms with Gasteiger partial charge in [0, 0.05) is 6.26 Å². The minimum Gasteiger partial charge on any atom is -0.479 e. The van der Waals surface area contributed by atoms with Crippen LogP contribution in [0.3, 0.4) is 0 Å². The Kier molecular flexibility index (Phi) is 5.62. The first kappa shape index (κ1) is 22.5. The van der Waals surface area contributed by atoms with Crippen molar-refractivity contribution in [2.24, 2.45) is 22.7 Å². The molecule has 1 N–H and O–H groups in total. The Hall–Kier alpha value is -1.66. The summed E-state index contributed by atoms with van der Waals surface area (Å²) in [5, 5.41) is 12.0. The maximum absolute atomic E-state index is 13.4. The molecule has 0 heterocycles. The number of nitriles is 1. The first-order valence-electron chi connectivity index (χ1n) is 10.5. The van der Waals surface area contributed by atoms with Crippen LogP contribution in [0.1, 0.15) is 46.0 Å². The van der Waals surface area contributed by atoms with Crippen molar-refractivity contribution in [1.29, 1.82) is 5.26 Å². The van der Waals surface area contributed by atoms with Gasteiger partial charge in [0.25, 0.3) is 0 Å². The zero-order valence-electron chi connectivity index (χ0n) is 17.9. The van der Waals surface area contributed by atoms with Crippen molar-refractivity contribution in [2.45, 2.75) is 62.3 Å². The van der Waals surface area contributed by atoms with Crippen molar-refractivity contribution in [1.82, 2.24) is 5.32 Å². The average Bonchev–Trinajstić information content (AvgIpc) is 2.64. The Morgan fingerprint density at radius 2 is 1.97 bits per heavy atom. The first-order valence-corrected chi connectivity index (χ1v) is 13.2. The summed E-state index contributed by atoms with van der Waals surface area (Å²) in [7, 11) is -3.14. The van der Waals surface area contributed by atoms with Gasteiger partial charge < -0.3 is 4.74 Å². The van der Waals surface area contributed by atoms with Crippen molar-refractivity contribution < 1.29 is 17.5 Å². The molecular formula is C22H27BrFN3O3S. The smallest absolute Gasteiger partial charge is 0.182 e. The van der Waals surface area contributed by atoms with Gasteiger partial charge in [-0.2, -0.15) is 5.26 Å². The van der Waals surface area contributed by atoms with Crippen LogP contribution in [0.5, 0.6) is 5.75 Å². The van der Waals surface area contributed by atoms with Gasteiger partial charge >= 0.3 is 0 Å². The second-order valence-electron chi connectivity index (χ2n) is 9.82. The zero-order valence-corrected chi connectivity index (χ0v) is 20.3. The molecule has 0 spiro atoms. The number of sulfone groups is 1. The Morgan fingerprint density at radius 1 is 1.32 bits per heavy atom. The van der Waals surface area contributed by atoms with Gasteiger partial charge in [0.05, 0.1) is 15.3 Å². The van der Waals surface area contributed by atoms with Gasteiger partial charge in [0.15, 0.2) is 27.5 Å². The number of halogens is 2. The largest absolute Gasteiger partial charge is 0.479 e. The molecule has 4 bridgehead atoms. The Balaban J connectivity index is 1.63. The van der Waals surface area contributed by atoms with E-state index in [0.717, 1.165) is 19.3 Å². The fraction of sp³-hybridized carbons (Fsp3) is 0.636. The van der Waals surface area contributed by atoms with Gasteiger partial charge in [-0.05, 0) is 97.8 Å². The highest BCUT2D eigenvalue weighted by molar-refractivity contribution is 9.10. The predicted molar refractivity (Wildman–Crippen MR) is 120 cm³/mol. The molecule has 9 heteroatoms. The summed E-state index contributed by atoms with van der Waals surface area (Å²) in [5.41, 5.74) is -0.973. The van der Waals surface area contributed by atoms with E-state index in [2.05, 4.69) is 21.2 Å². The summed E-state index contributed by atoms with van der Waals surface area (Å²) in [6.45, 7) is 3.61. The normalized spacial score (nSPS) is 32.6. The van der Waals surface area contributed by atoms with Crippen molar-refractivity contribution in [3.8, 4) is 11.9 Å². The molecule has 0 aromatic heterocycles. The highest BCUT2D eigenvalue weighted by Gasteiger charge is 2.59. The second-order valence-corrected chi connectivity index (χ2v) is 13.1. The lowest BCUT2D eigenvalue weighted by molar-refractivity contribution is 0.0140. The number of hydrogen-bond acceptors (Lipinski definition) is 5. The number of hydrogen-bond donors (Lipinski definition) is 1. The van der Waals surface area contributed by atoms with Crippen LogP contribution < -0.4 is 10.1 Å². The van der Waals surface area contributed by atoms with E-state index in [4.69, 9.17) is 9.73 Å². The fourth-order valence-corrected chi connectivity index (χ4v) is 8.01. The quantitative estimate of drug-likeness (QED) is 0.276. The van der Waals surface area contributed by atoms with Gasteiger partial charge in [-0.3, -0.25) is 10.3 Å². The monoisotopic (exact) mass is 511 g/mol. The van der Waals surface area contributed by atoms with Gasteiger partial charge in [0.2, 0.25) is 0 Å². The fourth-order valence-electron chi connectivity index (χ4n) is 6.01. The molecule has 1 aromatic carbocycles. The molecule has 1 aromatic rings. The summed E-state index contributed by atoms with van der Waals surface area (Å²) in [5.74, 6) is 1.27. The summed E-state index contributed by atoms with van der Waals surface area (Å²) >= 11 is 3.31. The standard InChI is InChI=1S/C22H27BrFN3O3S/c1-21(2,30-18-5-4-16(24)8-17(18)23)20(26-12-25)27-19-14-6-13-7-15(19)11-22(9-13,10-14)31(3,28)29/h4-5,8,13-15,19H,6-7,9-11H2,1-3H3,(H,26,27). The highest BCUT2D eigenvalue weighted by atomic mass is 79.9. The van der Waals surface area contributed by atoms with E-state index in [9.17, 15) is 18.1 Å². The van der Waals surface area contributed by atoms with E-state index >= 15 is 0 Å². The lowest BCUT2D eigenvalue weighted by Crippen LogP contribution is -2.60. The van der Waals surface area contributed by atoms with E-state index in [1.54, 1.807) is 13.8 Å². The number of benzene rings is 1. The average molecular weight is 512 g/mol. The number of amidine groups is 1. The zero-order chi connectivity index (χ0) is 22.6. The van der Waals surface area contributed by atoms with Gasteiger partial charge in [-0.25, -0.2) is 12.8 Å². The van der Waals surface area contributed by atoms with Crippen LogP contribution in [0, 0.1) is 35.0 Å². The van der Waals surface area contributed by atoms with Gasteiger partial charge in [-0.1, -0.05) is 0 Å². The first-order chi connectivity index (χ1) is 14.4. The van der Waals surface area contributed by atoms with E-state index in [0.29, 0.717) is 34.8 Å². The molecule has 2 atom stereocenters. The van der Waals surface area contributed by atoms with Crippen molar-refractivity contribution >= 4 is 31.6 Å². The third kappa shape index (κ3) is 4.09. The minimum absolute atomic E-state index is 0.0400. The SMILES string of the molecule is CC(C)(Oc1ccc(F)cc1Br)C(=NC1C2CC3CC1CC(S(C)(=O)=O)(C3)C2)NC#N. The van der Waals surface area contributed by atoms with E-state index in [1.807, 2.05) is 6.19 Å². The maximum atomic E-state index is 13.4. The second kappa shape index (κ2) is 7.73. The molecule has 4 aliphatic rings. The number of nitrogens with zero attached hydrogens (tertiary/aromatic N) is 2. The van der Waals surface area contributed by atoms with Crippen LogP contribution in [0.25, 0.3) is 0 Å². The van der Waals surface area contributed by atoms with Crippen LogP contribution in [0.2, 0.25) is 0 Å². The number of aliphatic imine (C=N–C) groups is 1. The molecule has 2 unspecified atom stereocenters.